The SMILES string of the molecule is CC[C@H](O)[C@@](C)(N)/C=C/COCc1ccccc1. The fourth-order valence-electron chi connectivity index (χ4n) is 1.67. The van der Waals surface area contributed by atoms with Gasteiger partial charge in [0.2, 0.25) is 0 Å². The van der Waals surface area contributed by atoms with E-state index in [1.54, 1.807) is 0 Å². The number of aliphatic hydroxyl groups excluding tert-OH is 1. The van der Waals surface area contributed by atoms with Crippen LogP contribution < -0.4 is 5.73 Å². The Kier molecular flexibility index (Phi) is 6.05. The molecule has 0 spiro atoms. The molecule has 18 heavy (non-hydrogen) atoms. The van der Waals surface area contributed by atoms with Gasteiger partial charge in [-0.15, -0.1) is 0 Å². The van der Waals surface area contributed by atoms with Crippen molar-refractivity contribution in [3.05, 3.63) is 48.0 Å². The number of ether oxygens (including phenoxy) is 1. The Bertz CT molecular complexity index is 360. The van der Waals surface area contributed by atoms with Crippen LogP contribution in [0.2, 0.25) is 0 Å². The van der Waals surface area contributed by atoms with E-state index in [1.807, 2.05) is 56.3 Å². The van der Waals surface area contributed by atoms with Crippen LogP contribution >= 0.6 is 0 Å². The maximum atomic E-state index is 9.70. The molecule has 0 aliphatic heterocycles. The van der Waals surface area contributed by atoms with Crippen LogP contribution in [0.4, 0.5) is 0 Å². The van der Waals surface area contributed by atoms with Gasteiger partial charge in [-0.1, -0.05) is 49.4 Å². The van der Waals surface area contributed by atoms with Gasteiger partial charge in [-0.05, 0) is 18.9 Å². The smallest absolute Gasteiger partial charge is 0.0750 e. The van der Waals surface area contributed by atoms with Crippen LogP contribution in [0.5, 0.6) is 0 Å². The maximum absolute atomic E-state index is 9.70. The molecular weight excluding hydrogens is 226 g/mol. The van der Waals surface area contributed by atoms with Crippen molar-refractivity contribution < 1.29 is 9.84 Å². The van der Waals surface area contributed by atoms with Crippen LogP contribution in [0.1, 0.15) is 25.8 Å². The lowest BCUT2D eigenvalue weighted by Gasteiger charge is -2.26. The van der Waals surface area contributed by atoms with E-state index in [0.717, 1.165) is 5.56 Å². The third-order valence-electron chi connectivity index (χ3n) is 2.91. The number of aliphatic hydroxyl groups is 1. The lowest BCUT2D eigenvalue weighted by molar-refractivity contribution is 0.113. The van der Waals surface area contributed by atoms with Crippen LogP contribution in [0.15, 0.2) is 42.5 Å². The minimum Gasteiger partial charge on any atom is -0.391 e. The Hall–Kier alpha value is -1.16. The van der Waals surface area contributed by atoms with E-state index in [4.69, 9.17) is 10.5 Å². The van der Waals surface area contributed by atoms with E-state index in [-0.39, 0.29) is 0 Å². The summed E-state index contributed by atoms with van der Waals surface area (Å²) in [7, 11) is 0. The molecule has 1 aromatic carbocycles. The van der Waals surface area contributed by atoms with Gasteiger partial charge in [0.15, 0.2) is 0 Å². The first-order chi connectivity index (χ1) is 8.56. The van der Waals surface area contributed by atoms with Gasteiger partial charge >= 0.3 is 0 Å². The van der Waals surface area contributed by atoms with Crippen molar-refractivity contribution in [2.24, 2.45) is 5.73 Å². The highest BCUT2D eigenvalue weighted by atomic mass is 16.5. The molecule has 3 heteroatoms. The second-order valence-corrected chi connectivity index (χ2v) is 4.69. The van der Waals surface area contributed by atoms with Crippen LogP contribution in [0, 0.1) is 0 Å². The Labute approximate surface area is 109 Å². The molecule has 0 amide bonds. The third kappa shape index (κ3) is 5.00. The summed E-state index contributed by atoms with van der Waals surface area (Å²) in [6.07, 6.45) is 3.79. The fraction of sp³-hybridized carbons (Fsp3) is 0.467. The largest absolute Gasteiger partial charge is 0.391 e. The zero-order valence-electron chi connectivity index (χ0n) is 11.2. The summed E-state index contributed by atoms with van der Waals surface area (Å²) in [6.45, 7) is 4.81. The van der Waals surface area contributed by atoms with Gasteiger partial charge < -0.3 is 15.6 Å². The summed E-state index contributed by atoms with van der Waals surface area (Å²) in [4.78, 5) is 0. The van der Waals surface area contributed by atoms with Gasteiger partial charge in [0, 0.05) is 0 Å². The number of rotatable bonds is 7. The van der Waals surface area contributed by atoms with E-state index in [1.165, 1.54) is 0 Å². The standard InChI is InChI=1S/C15H23NO2/c1-3-14(17)15(2,16)10-7-11-18-12-13-8-5-4-6-9-13/h4-10,14,17H,3,11-12,16H2,1-2H3/b10-7+/t14-,15-/m0/s1. The van der Waals surface area contributed by atoms with Crippen molar-refractivity contribution in [1.29, 1.82) is 0 Å². The Morgan fingerprint density at radius 3 is 2.67 bits per heavy atom. The van der Waals surface area contributed by atoms with Crippen molar-refractivity contribution in [2.45, 2.75) is 38.5 Å². The van der Waals surface area contributed by atoms with Gasteiger partial charge in [-0.3, -0.25) is 0 Å². The number of hydrogen-bond acceptors (Lipinski definition) is 3. The van der Waals surface area contributed by atoms with E-state index in [0.29, 0.717) is 19.6 Å². The normalized spacial score (nSPS) is 16.7. The number of hydrogen-bond donors (Lipinski definition) is 2. The molecule has 0 saturated carbocycles. The summed E-state index contributed by atoms with van der Waals surface area (Å²) in [6, 6.07) is 10.0. The van der Waals surface area contributed by atoms with Crippen LogP contribution in [-0.4, -0.2) is 23.4 Å². The molecule has 3 N–H and O–H groups in total. The van der Waals surface area contributed by atoms with E-state index in [9.17, 15) is 5.11 Å². The van der Waals surface area contributed by atoms with Gasteiger partial charge in [-0.2, -0.15) is 0 Å². The molecule has 100 valence electrons. The minimum absolute atomic E-state index is 0.498. The summed E-state index contributed by atoms with van der Waals surface area (Å²) in [5.74, 6) is 0. The molecule has 2 atom stereocenters. The zero-order valence-corrected chi connectivity index (χ0v) is 11.2. The molecule has 0 bridgehead atoms. The Balaban J connectivity index is 2.29. The lowest BCUT2D eigenvalue weighted by atomic mass is 9.94. The van der Waals surface area contributed by atoms with Gasteiger partial charge in [-0.25, -0.2) is 0 Å². The number of benzene rings is 1. The first kappa shape index (κ1) is 14.9. The summed E-state index contributed by atoms with van der Waals surface area (Å²) >= 11 is 0. The molecule has 1 rings (SSSR count). The minimum atomic E-state index is -0.690. The van der Waals surface area contributed by atoms with Gasteiger partial charge in [0.1, 0.15) is 0 Å². The molecule has 0 radical (unpaired) electrons. The fourth-order valence-corrected chi connectivity index (χ4v) is 1.67. The van der Waals surface area contributed by atoms with Crippen molar-refractivity contribution in [3.63, 3.8) is 0 Å². The predicted octanol–water partition coefficient (Wildman–Crippen LogP) is 2.25. The highest BCUT2D eigenvalue weighted by Crippen LogP contribution is 2.11. The molecule has 0 fully saturated rings. The number of nitrogens with two attached hydrogens (primary N) is 1. The average molecular weight is 249 g/mol. The molecule has 0 aromatic heterocycles. The van der Waals surface area contributed by atoms with Gasteiger partial charge in [0.25, 0.3) is 0 Å². The summed E-state index contributed by atoms with van der Waals surface area (Å²) in [5.41, 5.74) is 6.43. The molecule has 0 heterocycles. The van der Waals surface area contributed by atoms with Crippen LogP contribution in [0.3, 0.4) is 0 Å². The predicted molar refractivity (Wildman–Crippen MR) is 74.1 cm³/mol. The van der Waals surface area contributed by atoms with Crippen LogP contribution in [-0.2, 0) is 11.3 Å². The zero-order chi connectivity index (χ0) is 13.4. The Morgan fingerprint density at radius 1 is 1.39 bits per heavy atom. The lowest BCUT2D eigenvalue weighted by Crippen LogP contribution is -2.45. The van der Waals surface area contributed by atoms with E-state index in [2.05, 4.69) is 0 Å². The topological polar surface area (TPSA) is 55.5 Å². The van der Waals surface area contributed by atoms with Crippen LogP contribution in [0.25, 0.3) is 0 Å². The molecule has 3 nitrogen and oxygen atoms in total. The van der Waals surface area contributed by atoms with Crippen molar-refractivity contribution in [3.8, 4) is 0 Å². The first-order valence-electron chi connectivity index (χ1n) is 6.32. The average Bonchev–Trinajstić information content (AvgIpc) is 2.38. The molecule has 0 saturated heterocycles. The quantitative estimate of drug-likeness (QED) is 0.575. The Morgan fingerprint density at radius 2 is 2.06 bits per heavy atom. The highest BCUT2D eigenvalue weighted by molar-refractivity contribution is 5.13. The molecule has 0 aliphatic rings. The monoisotopic (exact) mass is 249 g/mol. The second-order valence-electron chi connectivity index (χ2n) is 4.69. The van der Waals surface area contributed by atoms with E-state index >= 15 is 0 Å². The molecule has 0 aliphatic carbocycles. The second kappa shape index (κ2) is 7.31. The van der Waals surface area contributed by atoms with E-state index < -0.39 is 11.6 Å². The first-order valence-corrected chi connectivity index (χ1v) is 6.32. The van der Waals surface area contributed by atoms with Crippen molar-refractivity contribution in [2.75, 3.05) is 6.61 Å². The summed E-state index contributed by atoms with van der Waals surface area (Å²) in [5, 5.41) is 9.70. The van der Waals surface area contributed by atoms with Crippen molar-refractivity contribution in [1.82, 2.24) is 0 Å². The molecule has 0 unspecified atom stereocenters. The summed E-state index contributed by atoms with van der Waals surface area (Å²) < 4.78 is 5.50. The maximum Gasteiger partial charge on any atom is 0.0750 e. The third-order valence-corrected chi connectivity index (χ3v) is 2.91. The van der Waals surface area contributed by atoms with Crippen molar-refractivity contribution >= 4 is 0 Å². The molecular formula is C15H23NO2. The van der Waals surface area contributed by atoms with Gasteiger partial charge in [0.05, 0.1) is 24.9 Å². The molecule has 1 aromatic rings. The highest BCUT2D eigenvalue weighted by Gasteiger charge is 2.23.